The first-order valence-corrected chi connectivity index (χ1v) is 6.35. The predicted octanol–water partition coefficient (Wildman–Crippen LogP) is 2.19. The molecule has 0 radical (unpaired) electrons. The lowest BCUT2D eigenvalue weighted by molar-refractivity contribution is 0.286. The molecule has 1 atom stereocenters. The molecular weight excluding hydrogens is 231 g/mol. The first kappa shape index (κ1) is 13.3. The summed E-state index contributed by atoms with van der Waals surface area (Å²) in [6.07, 6.45) is 2.52. The van der Waals surface area contributed by atoms with Crippen LogP contribution in [0.4, 0.5) is 4.39 Å². The Morgan fingerprint density at radius 2 is 2.17 bits per heavy atom. The maximum absolute atomic E-state index is 13.7. The standard InChI is InChI=1S/C14H21FN2O/c1-17(2)13(9-16-11-5-6-11)10-4-7-14(18-3)12(15)8-10/h4,7-8,11,13,16H,5-6,9H2,1-3H3. The van der Waals surface area contributed by atoms with E-state index in [-0.39, 0.29) is 11.9 Å². The quantitative estimate of drug-likeness (QED) is 0.840. The second-order valence-electron chi connectivity index (χ2n) is 5.06. The van der Waals surface area contributed by atoms with Gasteiger partial charge in [-0.1, -0.05) is 6.07 Å². The van der Waals surface area contributed by atoms with Gasteiger partial charge in [0.25, 0.3) is 0 Å². The summed E-state index contributed by atoms with van der Waals surface area (Å²) < 4.78 is 18.7. The molecule has 1 aromatic rings. The van der Waals surface area contributed by atoms with Crippen LogP contribution in [0.25, 0.3) is 0 Å². The van der Waals surface area contributed by atoms with Crippen LogP contribution >= 0.6 is 0 Å². The second kappa shape index (κ2) is 5.67. The number of rotatable bonds is 6. The molecule has 0 aliphatic heterocycles. The van der Waals surface area contributed by atoms with Gasteiger partial charge in [-0.05, 0) is 44.6 Å². The van der Waals surface area contributed by atoms with Crippen molar-refractivity contribution in [3.8, 4) is 5.75 Å². The summed E-state index contributed by atoms with van der Waals surface area (Å²) in [4.78, 5) is 2.11. The summed E-state index contributed by atoms with van der Waals surface area (Å²) in [5.41, 5.74) is 0.978. The van der Waals surface area contributed by atoms with Crippen LogP contribution in [0.3, 0.4) is 0 Å². The maximum atomic E-state index is 13.7. The van der Waals surface area contributed by atoms with E-state index < -0.39 is 0 Å². The molecule has 0 saturated heterocycles. The van der Waals surface area contributed by atoms with E-state index in [1.807, 2.05) is 20.2 Å². The van der Waals surface area contributed by atoms with E-state index in [4.69, 9.17) is 4.74 Å². The Morgan fingerprint density at radius 3 is 2.67 bits per heavy atom. The van der Waals surface area contributed by atoms with Crippen LogP contribution < -0.4 is 10.1 Å². The number of methoxy groups -OCH3 is 1. The summed E-state index contributed by atoms with van der Waals surface area (Å²) in [5.74, 6) is -0.000296. The molecule has 1 fully saturated rings. The molecule has 100 valence electrons. The fraction of sp³-hybridized carbons (Fsp3) is 0.571. The van der Waals surface area contributed by atoms with E-state index in [9.17, 15) is 4.39 Å². The third kappa shape index (κ3) is 3.21. The zero-order valence-electron chi connectivity index (χ0n) is 11.2. The maximum Gasteiger partial charge on any atom is 0.165 e. The zero-order chi connectivity index (χ0) is 13.1. The van der Waals surface area contributed by atoms with Crippen LogP contribution in [0.2, 0.25) is 0 Å². The number of likely N-dealkylation sites (N-methyl/N-ethyl adjacent to an activating group) is 1. The highest BCUT2D eigenvalue weighted by molar-refractivity contribution is 5.31. The number of halogens is 1. The minimum absolute atomic E-state index is 0.186. The molecule has 1 unspecified atom stereocenters. The molecule has 1 aromatic carbocycles. The Labute approximate surface area is 108 Å². The van der Waals surface area contributed by atoms with Crippen LogP contribution in [-0.2, 0) is 0 Å². The molecule has 0 heterocycles. The summed E-state index contributed by atoms with van der Waals surface area (Å²) in [7, 11) is 5.51. The summed E-state index contributed by atoms with van der Waals surface area (Å²) in [5, 5.41) is 3.49. The second-order valence-corrected chi connectivity index (χ2v) is 5.06. The van der Waals surface area contributed by atoms with E-state index in [0.717, 1.165) is 12.1 Å². The molecule has 3 nitrogen and oxygen atoms in total. The van der Waals surface area contributed by atoms with Gasteiger partial charge < -0.3 is 15.0 Å². The van der Waals surface area contributed by atoms with Crippen molar-refractivity contribution in [3.63, 3.8) is 0 Å². The van der Waals surface area contributed by atoms with Crippen molar-refractivity contribution >= 4 is 0 Å². The predicted molar refractivity (Wildman–Crippen MR) is 70.4 cm³/mol. The van der Waals surface area contributed by atoms with E-state index in [1.165, 1.54) is 20.0 Å². The average molecular weight is 252 g/mol. The number of nitrogens with one attached hydrogen (secondary N) is 1. The molecule has 4 heteroatoms. The Morgan fingerprint density at radius 1 is 1.44 bits per heavy atom. The lowest BCUT2D eigenvalue weighted by atomic mass is 10.1. The molecular formula is C14H21FN2O. The minimum atomic E-state index is -0.298. The molecule has 1 aliphatic rings. The highest BCUT2D eigenvalue weighted by Crippen LogP contribution is 2.25. The number of benzene rings is 1. The topological polar surface area (TPSA) is 24.5 Å². The van der Waals surface area contributed by atoms with Crippen molar-refractivity contribution < 1.29 is 9.13 Å². The third-order valence-corrected chi connectivity index (χ3v) is 3.36. The summed E-state index contributed by atoms with van der Waals surface area (Å²) in [6.45, 7) is 0.851. The molecule has 0 bridgehead atoms. The van der Waals surface area contributed by atoms with Crippen LogP contribution in [0.1, 0.15) is 24.4 Å². The van der Waals surface area contributed by atoms with E-state index in [2.05, 4.69) is 10.2 Å². The molecule has 18 heavy (non-hydrogen) atoms. The lowest BCUT2D eigenvalue weighted by Gasteiger charge is -2.25. The molecule has 1 saturated carbocycles. The smallest absolute Gasteiger partial charge is 0.165 e. The first-order valence-electron chi connectivity index (χ1n) is 6.35. The van der Waals surface area contributed by atoms with Gasteiger partial charge in [-0.25, -0.2) is 4.39 Å². The largest absolute Gasteiger partial charge is 0.494 e. The van der Waals surface area contributed by atoms with Crippen molar-refractivity contribution in [2.75, 3.05) is 27.7 Å². The Bertz CT molecular complexity index is 405. The minimum Gasteiger partial charge on any atom is -0.494 e. The molecule has 1 N–H and O–H groups in total. The Hall–Kier alpha value is -1.13. The highest BCUT2D eigenvalue weighted by Gasteiger charge is 2.23. The van der Waals surface area contributed by atoms with Gasteiger partial charge in [0.05, 0.1) is 7.11 Å². The van der Waals surface area contributed by atoms with Crippen LogP contribution in [0.5, 0.6) is 5.75 Å². The van der Waals surface area contributed by atoms with Gasteiger partial charge >= 0.3 is 0 Å². The molecule has 0 amide bonds. The van der Waals surface area contributed by atoms with E-state index in [1.54, 1.807) is 12.1 Å². The van der Waals surface area contributed by atoms with Crippen LogP contribution in [0, 0.1) is 5.82 Å². The third-order valence-electron chi connectivity index (χ3n) is 3.36. The van der Waals surface area contributed by atoms with E-state index >= 15 is 0 Å². The molecule has 2 rings (SSSR count). The van der Waals surface area contributed by atoms with Gasteiger partial charge in [-0.3, -0.25) is 0 Å². The van der Waals surface area contributed by atoms with Gasteiger partial charge in [0, 0.05) is 18.6 Å². The number of nitrogens with zero attached hydrogens (tertiary/aromatic N) is 1. The van der Waals surface area contributed by atoms with Crippen molar-refractivity contribution in [1.82, 2.24) is 10.2 Å². The normalized spacial score (nSPS) is 16.9. The first-order chi connectivity index (χ1) is 8.61. The average Bonchev–Trinajstić information content (AvgIpc) is 3.13. The van der Waals surface area contributed by atoms with Crippen molar-refractivity contribution in [2.24, 2.45) is 0 Å². The monoisotopic (exact) mass is 252 g/mol. The van der Waals surface area contributed by atoms with Crippen LogP contribution in [-0.4, -0.2) is 38.7 Å². The van der Waals surface area contributed by atoms with Crippen molar-refractivity contribution in [2.45, 2.75) is 24.9 Å². The number of hydrogen-bond donors (Lipinski definition) is 1. The van der Waals surface area contributed by atoms with Crippen molar-refractivity contribution in [1.29, 1.82) is 0 Å². The van der Waals surface area contributed by atoms with Gasteiger partial charge in [0.1, 0.15) is 0 Å². The number of hydrogen-bond acceptors (Lipinski definition) is 3. The van der Waals surface area contributed by atoms with Gasteiger partial charge in [0.2, 0.25) is 0 Å². The summed E-state index contributed by atoms with van der Waals surface area (Å²) in [6, 6.07) is 6.04. The fourth-order valence-corrected chi connectivity index (χ4v) is 2.05. The van der Waals surface area contributed by atoms with Crippen LogP contribution in [0.15, 0.2) is 18.2 Å². The zero-order valence-corrected chi connectivity index (χ0v) is 11.2. The van der Waals surface area contributed by atoms with Gasteiger partial charge in [-0.2, -0.15) is 0 Å². The Balaban J connectivity index is 2.10. The SMILES string of the molecule is COc1ccc(C(CNC2CC2)N(C)C)cc1F. The van der Waals surface area contributed by atoms with Gasteiger partial charge in [0.15, 0.2) is 11.6 Å². The summed E-state index contributed by atoms with van der Waals surface area (Å²) >= 11 is 0. The highest BCUT2D eigenvalue weighted by atomic mass is 19.1. The molecule has 1 aliphatic carbocycles. The van der Waals surface area contributed by atoms with Gasteiger partial charge in [-0.15, -0.1) is 0 Å². The lowest BCUT2D eigenvalue weighted by Crippen LogP contribution is -2.32. The van der Waals surface area contributed by atoms with E-state index in [0.29, 0.717) is 11.8 Å². The Kier molecular flexibility index (Phi) is 4.19. The van der Waals surface area contributed by atoms with Crippen molar-refractivity contribution in [3.05, 3.63) is 29.6 Å². The number of ether oxygens (including phenoxy) is 1. The molecule has 0 aromatic heterocycles. The molecule has 0 spiro atoms. The fourth-order valence-electron chi connectivity index (χ4n) is 2.05.